The third-order valence-corrected chi connectivity index (χ3v) is 2.84. The molecule has 0 unspecified atom stereocenters. The molecular weight excluding hydrogens is 231 g/mol. The molecule has 18 heavy (non-hydrogen) atoms. The Kier molecular flexibility index (Phi) is 3.28. The third-order valence-electron chi connectivity index (χ3n) is 2.84. The SMILES string of the molecule is Cc1n[nH]c(C)c1CNc1ccc(F)c(C#N)c1. The first-order valence-electron chi connectivity index (χ1n) is 5.55. The molecule has 0 aliphatic heterocycles. The predicted octanol–water partition coefficient (Wildman–Crippen LogP) is 2.65. The maximum atomic E-state index is 13.1. The van der Waals surface area contributed by atoms with Crippen LogP contribution in [0.5, 0.6) is 0 Å². The molecule has 0 aliphatic carbocycles. The van der Waals surface area contributed by atoms with Gasteiger partial charge in [0.2, 0.25) is 0 Å². The molecule has 0 spiro atoms. The number of H-pyrrole nitrogens is 1. The van der Waals surface area contributed by atoms with Crippen molar-refractivity contribution in [1.29, 1.82) is 5.26 Å². The summed E-state index contributed by atoms with van der Waals surface area (Å²) >= 11 is 0. The molecule has 0 saturated heterocycles. The first-order chi connectivity index (χ1) is 8.61. The molecule has 0 fully saturated rings. The molecule has 5 heteroatoms. The molecule has 0 amide bonds. The van der Waals surface area contributed by atoms with E-state index in [4.69, 9.17) is 5.26 Å². The molecule has 92 valence electrons. The Morgan fingerprint density at radius 1 is 1.44 bits per heavy atom. The Morgan fingerprint density at radius 3 is 2.83 bits per heavy atom. The first-order valence-corrected chi connectivity index (χ1v) is 5.55. The fraction of sp³-hybridized carbons (Fsp3) is 0.231. The topological polar surface area (TPSA) is 64.5 Å². The Balaban J connectivity index is 2.14. The van der Waals surface area contributed by atoms with Gasteiger partial charge in [-0.3, -0.25) is 5.10 Å². The van der Waals surface area contributed by atoms with Crippen molar-refractivity contribution >= 4 is 5.69 Å². The number of benzene rings is 1. The van der Waals surface area contributed by atoms with Gasteiger partial charge < -0.3 is 5.32 Å². The van der Waals surface area contributed by atoms with E-state index in [9.17, 15) is 4.39 Å². The van der Waals surface area contributed by atoms with Gasteiger partial charge in [-0.1, -0.05) is 0 Å². The lowest BCUT2D eigenvalue weighted by Gasteiger charge is -2.07. The van der Waals surface area contributed by atoms with Crippen molar-refractivity contribution in [3.63, 3.8) is 0 Å². The van der Waals surface area contributed by atoms with Gasteiger partial charge in [-0.25, -0.2) is 4.39 Å². The summed E-state index contributed by atoms with van der Waals surface area (Å²) in [6.07, 6.45) is 0. The normalized spacial score (nSPS) is 10.1. The molecule has 2 N–H and O–H groups in total. The van der Waals surface area contributed by atoms with Crippen LogP contribution in [-0.4, -0.2) is 10.2 Å². The Bertz CT molecular complexity index is 590. The van der Waals surface area contributed by atoms with Crippen LogP contribution in [0, 0.1) is 31.0 Å². The van der Waals surface area contributed by atoms with Crippen LogP contribution in [0.4, 0.5) is 10.1 Å². The molecule has 0 bridgehead atoms. The van der Waals surface area contributed by atoms with Crippen molar-refractivity contribution in [2.45, 2.75) is 20.4 Å². The van der Waals surface area contributed by atoms with Crippen LogP contribution in [0.25, 0.3) is 0 Å². The Hall–Kier alpha value is -2.35. The number of nitrogens with zero attached hydrogens (tertiary/aromatic N) is 2. The maximum absolute atomic E-state index is 13.1. The van der Waals surface area contributed by atoms with Crippen molar-refractivity contribution in [1.82, 2.24) is 10.2 Å². The number of hydrogen-bond donors (Lipinski definition) is 2. The van der Waals surface area contributed by atoms with Gasteiger partial charge in [-0.2, -0.15) is 10.4 Å². The van der Waals surface area contributed by atoms with Gasteiger partial charge in [0.1, 0.15) is 11.9 Å². The highest BCUT2D eigenvalue weighted by Crippen LogP contribution is 2.16. The number of rotatable bonds is 3. The number of nitriles is 1. The van der Waals surface area contributed by atoms with Crippen LogP contribution in [-0.2, 0) is 6.54 Å². The van der Waals surface area contributed by atoms with Crippen LogP contribution in [0.2, 0.25) is 0 Å². The van der Waals surface area contributed by atoms with Crippen LogP contribution in [0.15, 0.2) is 18.2 Å². The smallest absolute Gasteiger partial charge is 0.141 e. The summed E-state index contributed by atoms with van der Waals surface area (Å²) in [7, 11) is 0. The summed E-state index contributed by atoms with van der Waals surface area (Å²) in [5.41, 5.74) is 3.77. The van der Waals surface area contributed by atoms with Gasteiger partial charge in [0, 0.05) is 23.5 Å². The first kappa shape index (κ1) is 12.1. The van der Waals surface area contributed by atoms with Crippen molar-refractivity contribution in [2.75, 3.05) is 5.32 Å². The van der Waals surface area contributed by atoms with Gasteiger partial charge in [-0.05, 0) is 32.0 Å². The fourth-order valence-corrected chi connectivity index (χ4v) is 1.75. The minimum absolute atomic E-state index is 0.0423. The van der Waals surface area contributed by atoms with Gasteiger partial charge in [-0.15, -0.1) is 0 Å². The lowest BCUT2D eigenvalue weighted by molar-refractivity contribution is 0.624. The molecule has 2 rings (SSSR count). The highest BCUT2D eigenvalue weighted by atomic mass is 19.1. The minimum Gasteiger partial charge on any atom is -0.381 e. The molecule has 1 aromatic heterocycles. The number of nitrogens with one attached hydrogen (secondary N) is 2. The van der Waals surface area contributed by atoms with E-state index in [0.717, 1.165) is 17.0 Å². The lowest BCUT2D eigenvalue weighted by Crippen LogP contribution is -2.02. The van der Waals surface area contributed by atoms with Crippen molar-refractivity contribution < 1.29 is 4.39 Å². The highest BCUT2D eigenvalue weighted by Gasteiger charge is 2.07. The molecule has 0 atom stereocenters. The standard InChI is InChI=1S/C13H13FN4/c1-8-12(9(2)18-17-8)7-16-11-3-4-13(14)10(5-11)6-15/h3-5,16H,7H2,1-2H3,(H,17,18). The molecule has 1 aromatic carbocycles. The number of hydrogen-bond acceptors (Lipinski definition) is 3. The van der Waals surface area contributed by atoms with Crippen LogP contribution >= 0.6 is 0 Å². The summed E-state index contributed by atoms with van der Waals surface area (Å²) in [5.74, 6) is -0.501. The zero-order chi connectivity index (χ0) is 13.1. The van der Waals surface area contributed by atoms with Crippen LogP contribution in [0.1, 0.15) is 22.5 Å². The average molecular weight is 244 g/mol. The summed E-state index contributed by atoms with van der Waals surface area (Å²) < 4.78 is 13.1. The van der Waals surface area contributed by atoms with Crippen LogP contribution in [0.3, 0.4) is 0 Å². The van der Waals surface area contributed by atoms with Gasteiger partial charge >= 0.3 is 0 Å². The third kappa shape index (κ3) is 2.33. The van der Waals surface area contributed by atoms with Gasteiger partial charge in [0.15, 0.2) is 0 Å². The molecule has 4 nitrogen and oxygen atoms in total. The second-order valence-corrected chi connectivity index (χ2v) is 4.07. The zero-order valence-corrected chi connectivity index (χ0v) is 10.2. The summed E-state index contributed by atoms with van der Waals surface area (Å²) in [4.78, 5) is 0. The van der Waals surface area contributed by atoms with Crippen molar-refractivity contribution in [2.24, 2.45) is 0 Å². The molecule has 0 saturated carbocycles. The van der Waals surface area contributed by atoms with E-state index < -0.39 is 5.82 Å². The Morgan fingerprint density at radius 2 is 2.22 bits per heavy atom. The van der Waals surface area contributed by atoms with Crippen LogP contribution < -0.4 is 5.32 Å². The molecule has 1 heterocycles. The predicted molar refractivity (Wildman–Crippen MR) is 66.5 cm³/mol. The van der Waals surface area contributed by atoms with Crippen molar-refractivity contribution in [3.8, 4) is 6.07 Å². The Labute approximate surface area is 104 Å². The number of aromatic amines is 1. The summed E-state index contributed by atoms with van der Waals surface area (Å²) in [6, 6.07) is 6.22. The quantitative estimate of drug-likeness (QED) is 0.872. The van der Waals surface area contributed by atoms with Crippen molar-refractivity contribution in [3.05, 3.63) is 46.5 Å². The average Bonchev–Trinajstić information content (AvgIpc) is 2.68. The molecular formula is C13H13FN4. The second-order valence-electron chi connectivity index (χ2n) is 4.07. The number of halogens is 1. The monoisotopic (exact) mass is 244 g/mol. The summed E-state index contributed by atoms with van der Waals surface area (Å²) in [6.45, 7) is 4.46. The van der Waals surface area contributed by atoms with E-state index in [1.54, 1.807) is 6.07 Å². The van der Waals surface area contributed by atoms with E-state index >= 15 is 0 Å². The number of aryl methyl sites for hydroxylation is 2. The summed E-state index contributed by atoms with van der Waals surface area (Å²) in [5, 5.41) is 18.9. The second kappa shape index (κ2) is 4.88. The van der Waals surface area contributed by atoms with Gasteiger partial charge in [0.25, 0.3) is 0 Å². The number of anilines is 1. The van der Waals surface area contributed by atoms with E-state index in [0.29, 0.717) is 12.2 Å². The van der Waals surface area contributed by atoms with Gasteiger partial charge in [0.05, 0.1) is 11.3 Å². The number of aromatic nitrogens is 2. The van der Waals surface area contributed by atoms with E-state index in [2.05, 4.69) is 15.5 Å². The molecule has 2 aromatic rings. The van der Waals surface area contributed by atoms with E-state index in [1.807, 2.05) is 19.9 Å². The minimum atomic E-state index is -0.501. The largest absolute Gasteiger partial charge is 0.381 e. The lowest BCUT2D eigenvalue weighted by atomic mass is 10.1. The maximum Gasteiger partial charge on any atom is 0.141 e. The highest BCUT2D eigenvalue weighted by molar-refractivity contribution is 5.50. The molecule has 0 aliphatic rings. The zero-order valence-electron chi connectivity index (χ0n) is 10.2. The molecule has 0 radical (unpaired) electrons. The van der Waals surface area contributed by atoms with E-state index in [-0.39, 0.29) is 5.56 Å². The fourth-order valence-electron chi connectivity index (χ4n) is 1.75. The van der Waals surface area contributed by atoms with E-state index in [1.165, 1.54) is 12.1 Å².